The zero-order chi connectivity index (χ0) is 12.7. The van der Waals surface area contributed by atoms with Gasteiger partial charge in [0.15, 0.2) is 0 Å². The van der Waals surface area contributed by atoms with Crippen LogP contribution in [0.25, 0.3) is 0 Å². The minimum Gasteiger partial charge on any atom is -0.480 e. The van der Waals surface area contributed by atoms with E-state index in [-0.39, 0.29) is 5.91 Å². The lowest BCUT2D eigenvalue weighted by molar-refractivity contribution is 0.0944. The lowest BCUT2D eigenvalue weighted by Gasteiger charge is -2.12. The Balaban J connectivity index is 2.58. The topological polar surface area (TPSA) is 63.2 Å². The molecule has 0 saturated heterocycles. The fourth-order valence-corrected chi connectivity index (χ4v) is 1.51. The number of nitrogens with zero attached hydrogens (tertiary/aromatic N) is 1. The summed E-state index contributed by atoms with van der Waals surface area (Å²) < 4.78 is 5.04. The number of rotatable bonds is 6. The standard InChI is InChI=1S/C12H19N3O2/c1-9(7-13-2)8-15-11(16)10-5-4-6-14-12(10)17-3/h4-6,9,13H,7-8H2,1-3H3,(H,15,16). The third-order valence-electron chi connectivity index (χ3n) is 2.37. The van der Waals surface area contributed by atoms with Gasteiger partial charge in [-0.25, -0.2) is 4.98 Å². The van der Waals surface area contributed by atoms with Crippen molar-refractivity contribution in [3.05, 3.63) is 23.9 Å². The molecule has 0 aromatic carbocycles. The third kappa shape index (κ3) is 4.03. The zero-order valence-corrected chi connectivity index (χ0v) is 10.5. The molecule has 1 rings (SSSR count). The first-order valence-electron chi connectivity index (χ1n) is 5.60. The van der Waals surface area contributed by atoms with E-state index in [1.807, 2.05) is 7.05 Å². The molecular weight excluding hydrogens is 218 g/mol. The van der Waals surface area contributed by atoms with Crippen LogP contribution in [-0.2, 0) is 0 Å². The molecule has 1 atom stereocenters. The molecule has 0 aliphatic rings. The van der Waals surface area contributed by atoms with Crippen molar-refractivity contribution in [1.29, 1.82) is 0 Å². The Morgan fingerprint density at radius 2 is 2.29 bits per heavy atom. The van der Waals surface area contributed by atoms with Crippen molar-refractivity contribution in [3.8, 4) is 5.88 Å². The minimum atomic E-state index is -0.155. The first-order chi connectivity index (χ1) is 8.19. The number of nitrogens with one attached hydrogen (secondary N) is 2. The van der Waals surface area contributed by atoms with Crippen molar-refractivity contribution in [2.75, 3.05) is 27.2 Å². The first kappa shape index (κ1) is 13.4. The van der Waals surface area contributed by atoms with E-state index in [1.54, 1.807) is 18.3 Å². The Hall–Kier alpha value is -1.62. The molecular formula is C12H19N3O2. The van der Waals surface area contributed by atoms with Gasteiger partial charge in [0, 0.05) is 12.7 Å². The number of carbonyl (C=O) groups excluding carboxylic acids is 1. The smallest absolute Gasteiger partial charge is 0.256 e. The van der Waals surface area contributed by atoms with Crippen molar-refractivity contribution in [1.82, 2.24) is 15.6 Å². The van der Waals surface area contributed by atoms with E-state index >= 15 is 0 Å². The van der Waals surface area contributed by atoms with Crippen LogP contribution in [0, 0.1) is 5.92 Å². The molecule has 1 unspecified atom stereocenters. The molecule has 1 aromatic heterocycles. The van der Waals surface area contributed by atoms with Crippen molar-refractivity contribution in [2.45, 2.75) is 6.92 Å². The van der Waals surface area contributed by atoms with E-state index < -0.39 is 0 Å². The molecule has 5 heteroatoms. The average Bonchev–Trinajstić information content (AvgIpc) is 2.36. The highest BCUT2D eigenvalue weighted by Gasteiger charge is 2.13. The molecule has 0 bridgehead atoms. The van der Waals surface area contributed by atoms with Gasteiger partial charge in [-0.05, 0) is 31.6 Å². The molecule has 5 nitrogen and oxygen atoms in total. The SMILES string of the molecule is CNCC(C)CNC(=O)c1cccnc1OC. The number of methoxy groups -OCH3 is 1. The van der Waals surface area contributed by atoms with Gasteiger partial charge in [0.05, 0.1) is 7.11 Å². The number of hydrogen-bond acceptors (Lipinski definition) is 4. The number of amides is 1. The molecule has 94 valence electrons. The van der Waals surface area contributed by atoms with Crippen LogP contribution in [0.5, 0.6) is 5.88 Å². The second-order valence-corrected chi connectivity index (χ2v) is 3.93. The van der Waals surface area contributed by atoms with Crippen LogP contribution in [0.15, 0.2) is 18.3 Å². The summed E-state index contributed by atoms with van der Waals surface area (Å²) in [5, 5.41) is 5.92. The summed E-state index contributed by atoms with van der Waals surface area (Å²) >= 11 is 0. The Kier molecular flexibility index (Phi) is 5.42. The fraction of sp³-hybridized carbons (Fsp3) is 0.500. The van der Waals surface area contributed by atoms with Gasteiger partial charge in [0.2, 0.25) is 5.88 Å². The maximum Gasteiger partial charge on any atom is 0.256 e. The Labute approximate surface area is 102 Å². The first-order valence-corrected chi connectivity index (χ1v) is 5.60. The quantitative estimate of drug-likeness (QED) is 0.763. The van der Waals surface area contributed by atoms with Gasteiger partial charge in [-0.15, -0.1) is 0 Å². The molecule has 0 aliphatic heterocycles. The Bertz CT molecular complexity index is 369. The molecule has 1 heterocycles. The minimum absolute atomic E-state index is 0.155. The molecule has 1 aromatic rings. The van der Waals surface area contributed by atoms with E-state index in [9.17, 15) is 4.79 Å². The van der Waals surface area contributed by atoms with Crippen LogP contribution in [-0.4, -0.2) is 38.1 Å². The summed E-state index contributed by atoms with van der Waals surface area (Å²) in [4.78, 5) is 15.9. The second-order valence-electron chi connectivity index (χ2n) is 3.93. The van der Waals surface area contributed by atoms with Gasteiger partial charge in [-0.3, -0.25) is 4.79 Å². The normalized spacial score (nSPS) is 11.9. The molecule has 0 radical (unpaired) electrons. The second kappa shape index (κ2) is 6.85. The van der Waals surface area contributed by atoms with Gasteiger partial charge >= 0.3 is 0 Å². The summed E-state index contributed by atoms with van der Waals surface area (Å²) in [6, 6.07) is 3.42. The van der Waals surface area contributed by atoms with E-state index in [2.05, 4.69) is 22.5 Å². The lowest BCUT2D eigenvalue weighted by atomic mass is 10.1. The van der Waals surface area contributed by atoms with Crippen molar-refractivity contribution in [2.24, 2.45) is 5.92 Å². The van der Waals surface area contributed by atoms with Crippen LogP contribution in [0.2, 0.25) is 0 Å². The van der Waals surface area contributed by atoms with Gasteiger partial charge in [0.1, 0.15) is 5.56 Å². The maximum atomic E-state index is 11.9. The highest BCUT2D eigenvalue weighted by Crippen LogP contribution is 2.12. The lowest BCUT2D eigenvalue weighted by Crippen LogP contribution is -2.32. The van der Waals surface area contributed by atoms with Crippen LogP contribution in [0.1, 0.15) is 17.3 Å². The van der Waals surface area contributed by atoms with Gasteiger partial charge < -0.3 is 15.4 Å². The number of carbonyl (C=O) groups is 1. The largest absolute Gasteiger partial charge is 0.480 e. The summed E-state index contributed by atoms with van der Waals surface area (Å²) in [7, 11) is 3.39. The number of ether oxygens (including phenoxy) is 1. The fourth-order valence-electron chi connectivity index (χ4n) is 1.51. The predicted molar refractivity (Wildman–Crippen MR) is 66.2 cm³/mol. The molecule has 2 N–H and O–H groups in total. The molecule has 17 heavy (non-hydrogen) atoms. The van der Waals surface area contributed by atoms with E-state index in [4.69, 9.17) is 4.74 Å². The van der Waals surface area contributed by atoms with Crippen molar-refractivity contribution >= 4 is 5.91 Å². The zero-order valence-electron chi connectivity index (χ0n) is 10.5. The molecule has 0 aliphatic carbocycles. The van der Waals surface area contributed by atoms with Crippen molar-refractivity contribution in [3.63, 3.8) is 0 Å². The summed E-state index contributed by atoms with van der Waals surface area (Å²) in [6.07, 6.45) is 1.60. The van der Waals surface area contributed by atoms with Crippen LogP contribution >= 0.6 is 0 Å². The highest BCUT2D eigenvalue weighted by molar-refractivity contribution is 5.96. The summed E-state index contributed by atoms with van der Waals surface area (Å²) in [5.41, 5.74) is 0.464. The van der Waals surface area contributed by atoms with E-state index in [1.165, 1.54) is 7.11 Å². The monoisotopic (exact) mass is 237 g/mol. The average molecular weight is 237 g/mol. The van der Waals surface area contributed by atoms with Gasteiger partial charge in [-0.2, -0.15) is 0 Å². The van der Waals surface area contributed by atoms with E-state index in [0.29, 0.717) is 23.9 Å². The summed E-state index contributed by atoms with van der Waals surface area (Å²) in [6.45, 7) is 3.55. The summed E-state index contributed by atoms with van der Waals surface area (Å²) in [5.74, 6) is 0.579. The third-order valence-corrected chi connectivity index (χ3v) is 2.37. The van der Waals surface area contributed by atoms with Gasteiger partial charge in [0.25, 0.3) is 5.91 Å². The Morgan fingerprint density at radius 3 is 2.94 bits per heavy atom. The van der Waals surface area contributed by atoms with Crippen LogP contribution < -0.4 is 15.4 Å². The van der Waals surface area contributed by atoms with E-state index in [0.717, 1.165) is 6.54 Å². The number of aromatic nitrogens is 1. The molecule has 0 spiro atoms. The Morgan fingerprint density at radius 1 is 1.53 bits per heavy atom. The van der Waals surface area contributed by atoms with Crippen molar-refractivity contribution < 1.29 is 9.53 Å². The maximum absolute atomic E-state index is 11.9. The highest BCUT2D eigenvalue weighted by atomic mass is 16.5. The number of pyridine rings is 1. The molecule has 0 saturated carbocycles. The van der Waals surface area contributed by atoms with Crippen LogP contribution in [0.4, 0.5) is 0 Å². The van der Waals surface area contributed by atoms with Crippen LogP contribution in [0.3, 0.4) is 0 Å². The predicted octanol–water partition coefficient (Wildman–Crippen LogP) is 0.675. The van der Waals surface area contributed by atoms with Gasteiger partial charge in [-0.1, -0.05) is 6.92 Å². The molecule has 0 fully saturated rings. The number of hydrogen-bond donors (Lipinski definition) is 2. The molecule has 1 amide bonds.